The van der Waals surface area contributed by atoms with E-state index in [1.807, 2.05) is 49.4 Å². The van der Waals surface area contributed by atoms with Crippen LogP contribution in [0.1, 0.15) is 43.4 Å². The van der Waals surface area contributed by atoms with Gasteiger partial charge >= 0.3 is 0 Å². The number of aromatic nitrogens is 1. The number of fused-ring (bicyclic) bond motifs is 1. The Morgan fingerprint density at radius 3 is 2.44 bits per heavy atom. The Hall–Kier alpha value is -3.11. The fourth-order valence-electron chi connectivity index (χ4n) is 4.39. The number of nitrogens with zero attached hydrogens (tertiary/aromatic N) is 1. The first-order chi connectivity index (χ1) is 16.6. The normalized spacial score (nSPS) is 11.3. The van der Waals surface area contributed by atoms with Gasteiger partial charge in [-0.1, -0.05) is 68.8 Å². The lowest BCUT2D eigenvalue weighted by molar-refractivity contribution is 0.309. The summed E-state index contributed by atoms with van der Waals surface area (Å²) in [6, 6.07) is 22.5. The first-order valence-electron chi connectivity index (χ1n) is 12.4. The van der Waals surface area contributed by atoms with Crippen LogP contribution in [0.15, 0.2) is 66.7 Å². The van der Waals surface area contributed by atoms with E-state index in [0.717, 1.165) is 60.3 Å². The van der Waals surface area contributed by atoms with Crippen LogP contribution >= 0.6 is 0 Å². The molecule has 0 saturated heterocycles. The molecule has 0 fully saturated rings. The molecule has 1 N–H and O–H groups in total. The van der Waals surface area contributed by atoms with Crippen LogP contribution in [0, 0.1) is 12.7 Å². The molecule has 0 aliphatic carbocycles. The Balaban J connectivity index is 1.73. The fraction of sp³-hybridized carbons (Fsp3) is 0.333. The van der Waals surface area contributed by atoms with E-state index in [-0.39, 0.29) is 5.82 Å². The van der Waals surface area contributed by atoms with Crippen molar-refractivity contribution >= 4 is 10.9 Å². The van der Waals surface area contributed by atoms with E-state index in [2.05, 4.69) is 48.0 Å². The Labute approximate surface area is 202 Å². The molecule has 0 atom stereocenters. The average Bonchev–Trinajstić information content (AvgIpc) is 3.11. The second kappa shape index (κ2) is 11.3. The smallest absolute Gasteiger partial charge is 0.156 e. The molecule has 0 saturated carbocycles. The van der Waals surface area contributed by atoms with Crippen molar-refractivity contribution in [3.05, 3.63) is 89.2 Å². The number of halogens is 1. The van der Waals surface area contributed by atoms with Gasteiger partial charge in [-0.05, 0) is 67.7 Å². The number of hydrogen-bond acceptors (Lipinski definition) is 2. The lowest BCUT2D eigenvalue weighted by Crippen LogP contribution is -2.16. The summed E-state index contributed by atoms with van der Waals surface area (Å²) in [4.78, 5) is 0. The van der Waals surface area contributed by atoms with Crippen molar-refractivity contribution in [2.24, 2.45) is 0 Å². The molecular formula is C30H35FN2O. The number of ether oxygens (including phenoxy) is 1. The molecule has 0 spiro atoms. The van der Waals surface area contributed by atoms with Crippen LogP contribution in [0.25, 0.3) is 22.2 Å². The number of likely N-dealkylation sites (N-methyl/N-ethyl adjacent to an activating group) is 1. The second-order valence-electron chi connectivity index (χ2n) is 8.86. The molecule has 4 aromatic rings. The Morgan fingerprint density at radius 2 is 1.71 bits per heavy atom. The maximum atomic E-state index is 16.0. The third kappa shape index (κ3) is 5.34. The van der Waals surface area contributed by atoms with E-state index in [0.29, 0.717) is 24.2 Å². The van der Waals surface area contributed by atoms with Crippen LogP contribution < -0.4 is 10.1 Å². The second-order valence-corrected chi connectivity index (χ2v) is 8.86. The zero-order valence-corrected chi connectivity index (χ0v) is 20.5. The van der Waals surface area contributed by atoms with Gasteiger partial charge in [0, 0.05) is 17.5 Å². The largest absolute Gasteiger partial charge is 0.494 e. The third-order valence-electron chi connectivity index (χ3n) is 6.34. The van der Waals surface area contributed by atoms with Crippen molar-refractivity contribution < 1.29 is 9.13 Å². The SMILES string of the molecule is CCCCOc1ccc2c(c1)c(F)c(-c1ccccc1C)n2Cc1ccc(CCNCC)cc1. The van der Waals surface area contributed by atoms with Crippen molar-refractivity contribution in [3.8, 4) is 17.0 Å². The molecule has 0 unspecified atom stereocenters. The first-order valence-corrected chi connectivity index (χ1v) is 12.4. The summed E-state index contributed by atoms with van der Waals surface area (Å²) in [5, 5.41) is 3.98. The summed E-state index contributed by atoms with van der Waals surface area (Å²) in [5.74, 6) is 0.533. The zero-order valence-electron chi connectivity index (χ0n) is 20.5. The maximum absolute atomic E-state index is 16.0. The molecule has 0 radical (unpaired) electrons. The predicted molar refractivity (Wildman–Crippen MR) is 140 cm³/mol. The summed E-state index contributed by atoms with van der Waals surface area (Å²) in [6.07, 6.45) is 3.06. The Kier molecular flexibility index (Phi) is 8.02. The van der Waals surface area contributed by atoms with Gasteiger partial charge in [0.2, 0.25) is 0 Å². The number of nitrogens with one attached hydrogen (secondary N) is 1. The van der Waals surface area contributed by atoms with Crippen LogP contribution in [-0.4, -0.2) is 24.3 Å². The number of benzene rings is 3. The monoisotopic (exact) mass is 458 g/mol. The standard InChI is InChI=1S/C30H35FN2O/c1-4-6-19-34-25-15-16-28-27(20-25)29(31)30(26-10-8-7-9-22(26)3)33(28)21-24-13-11-23(12-14-24)17-18-32-5-2/h7-16,20,32H,4-6,17-19,21H2,1-3H3. The number of hydrogen-bond donors (Lipinski definition) is 1. The van der Waals surface area contributed by atoms with Gasteiger partial charge in [-0.2, -0.15) is 0 Å². The predicted octanol–water partition coefficient (Wildman–Crippen LogP) is 7.14. The Morgan fingerprint density at radius 1 is 0.941 bits per heavy atom. The summed E-state index contributed by atoms with van der Waals surface area (Å²) in [6.45, 7) is 9.50. The van der Waals surface area contributed by atoms with Gasteiger partial charge < -0.3 is 14.6 Å². The van der Waals surface area contributed by atoms with Crippen molar-refractivity contribution in [2.75, 3.05) is 19.7 Å². The van der Waals surface area contributed by atoms with Crippen LogP contribution in [-0.2, 0) is 13.0 Å². The topological polar surface area (TPSA) is 26.2 Å². The van der Waals surface area contributed by atoms with E-state index in [1.54, 1.807) is 0 Å². The molecule has 0 amide bonds. The lowest BCUT2D eigenvalue weighted by atomic mass is 10.0. The lowest BCUT2D eigenvalue weighted by Gasteiger charge is -2.14. The maximum Gasteiger partial charge on any atom is 0.156 e. The fourth-order valence-corrected chi connectivity index (χ4v) is 4.39. The summed E-state index contributed by atoms with van der Waals surface area (Å²) in [5.41, 5.74) is 5.96. The third-order valence-corrected chi connectivity index (χ3v) is 6.34. The van der Waals surface area contributed by atoms with Gasteiger partial charge in [0.15, 0.2) is 5.82 Å². The minimum absolute atomic E-state index is 0.187. The van der Waals surface area contributed by atoms with Crippen molar-refractivity contribution in [3.63, 3.8) is 0 Å². The van der Waals surface area contributed by atoms with Crippen molar-refractivity contribution in [1.29, 1.82) is 0 Å². The van der Waals surface area contributed by atoms with Gasteiger partial charge in [0.05, 0.1) is 17.8 Å². The van der Waals surface area contributed by atoms with Gasteiger partial charge in [0.1, 0.15) is 5.75 Å². The van der Waals surface area contributed by atoms with E-state index in [9.17, 15) is 0 Å². The molecule has 4 rings (SSSR count). The molecule has 0 bridgehead atoms. The van der Waals surface area contributed by atoms with Crippen LogP contribution in [0.4, 0.5) is 4.39 Å². The van der Waals surface area contributed by atoms with E-state index < -0.39 is 0 Å². The molecule has 34 heavy (non-hydrogen) atoms. The number of rotatable bonds is 11. The van der Waals surface area contributed by atoms with Gasteiger partial charge in [-0.25, -0.2) is 4.39 Å². The minimum atomic E-state index is -0.187. The molecule has 0 aliphatic heterocycles. The average molecular weight is 459 g/mol. The zero-order chi connectivity index (χ0) is 23.9. The van der Waals surface area contributed by atoms with Gasteiger partial charge in [-0.15, -0.1) is 0 Å². The van der Waals surface area contributed by atoms with Gasteiger partial charge in [-0.3, -0.25) is 0 Å². The summed E-state index contributed by atoms with van der Waals surface area (Å²) >= 11 is 0. The highest BCUT2D eigenvalue weighted by atomic mass is 19.1. The van der Waals surface area contributed by atoms with E-state index >= 15 is 4.39 Å². The van der Waals surface area contributed by atoms with Crippen molar-refractivity contribution in [2.45, 2.75) is 46.6 Å². The highest BCUT2D eigenvalue weighted by Gasteiger charge is 2.21. The van der Waals surface area contributed by atoms with Crippen LogP contribution in [0.3, 0.4) is 0 Å². The highest BCUT2D eigenvalue weighted by Crippen LogP contribution is 2.36. The number of unbranched alkanes of at least 4 members (excludes halogenated alkanes) is 1. The molecular weight excluding hydrogens is 423 g/mol. The molecule has 3 nitrogen and oxygen atoms in total. The summed E-state index contributed by atoms with van der Waals surface area (Å²) in [7, 11) is 0. The molecule has 1 aromatic heterocycles. The van der Waals surface area contributed by atoms with E-state index in [1.165, 1.54) is 5.56 Å². The molecule has 3 aromatic carbocycles. The van der Waals surface area contributed by atoms with E-state index in [4.69, 9.17) is 4.74 Å². The molecule has 178 valence electrons. The first kappa shape index (κ1) is 24.0. The Bertz CT molecular complexity index is 1230. The molecule has 0 aliphatic rings. The van der Waals surface area contributed by atoms with Crippen molar-refractivity contribution in [1.82, 2.24) is 9.88 Å². The number of aryl methyl sites for hydroxylation is 1. The minimum Gasteiger partial charge on any atom is -0.494 e. The van der Waals surface area contributed by atoms with Crippen LogP contribution in [0.5, 0.6) is 5.75 Å². The highest BCUT2D eigenvalue weighted by molar-refractivity contribution is 5.89. The molecule has 4 heteroatoms. The van der Waals surface area contributed by atoms with Gasteiger partial charge in [0.25, 0.3) is 0 Å². The quantitative estimate of drug-likeness (QED) is 0.242. The molecule has 1 heterocycles. The summed E-state index contributed by atoms with van der Waals surface area (Å²) < 4.78 is 24.0. The van der Waals surface area contributed by atoms with Crippen LogP contribution in [0.2, 0.25) is 0 Å².